The molecule has 0 N–H and O–H groups in total. The maximum absolute atomic E-state index is 8.28. The maximum Gasteiger partial charge on any atom is 0.107 e. The molecule has 2 nitrogen and oxygen atoms in total. The van der Waals surface area contributed by atoms with Gasteiger partial charge in [0.05, 0.1) is 11.6 Å². The summed E-state index contributed by atoms with van der Waals surface area (Å²) >= 11 is 0. The Bertz CT molecular complexity index is 152. The highest BCUT2D eigenvalue weighted by Gasteiger charge is 2.08. The lowest BCUT2D eigenvalue weighted by molar-refractivity contribution is 0.490. The monoisotopic (exact) mass is 106 g/mol. The van der Waals surface area contributed by atoms with Crippen LogP contribution >= 0.6 is 0 Å². The molecule has 1 heterocycles. The van der Waals surface area contributed by atoms with Gasteiger partial charge in [0.1, 0.15) is 6.54 Å². The Morgan fingerprint density at radius 1 is 2.00 bits per heavy atom. The number of hydrogen-bond donors (Lipinski definition) is 0. The quantitative estimate of drug-likeness (QED) is 0.447. The molecule has 0 unspecified atom stereocenters. The van der Waals surface area contributed by atoms with Crippen LogP contribution in [0.2, 0.25) is 0 Å². The van der Waals surface area contributed by atoms with Crippen molar-refractivity contribution in [1.29, 1.82) is 5.26 Å². The normalized spacial score (nSPS) is 20.2. The lowest BCUT2D eigenvalue weighted by atomic mass is 10.3. The predicted octanol–water partition coefficient (Wildman–Crippen LogP) is 0.421. The third-order valence-electron chi connectivity index (χ3n) is 1.00. The van der Waals surface area contributed by atoms with Crippen molar-refractivity contribution in [2.45, 2.75) is 0 Å². The van der Waals surface area contributed by atoms with Crippen LogP contribution in [0.15, 0.2) is 11.6 Å². The Balaban J connectivity index is 2.53. The Kier molecular flexibility index (Phi) is 1.32. The van der Waals surface area contributed by atoms with Gasteiger partial charge in [-0.2, -0.15) is 5.26 Å². The van der Waals surface area contributed by atoms with Crippen molar-refractivity contribution in [3.8, 4) is 6.07 Å². The van der Waals surface area contributed by atoms with Crippen molar-refractivity contribution in [2.75, 3.05) is 13.6 Å². The summed E-state index contributed by atoms with van der Waals surface area (Å²) in [7, 11) is 1.89. The van der Waals surface area contributed by atoms with Gasteiger partial charge in [0, 0.05) is 6.54 Å². The molecule has 0 aromatic rings. The molecule has 1 rings (SSSR count). The molecule has 0 aromatic heterocycles. The molecular formula is C6H6N2. The van der Waals surface area contributed by atoms with Crippen LogP contribution < -0.4 is 0 Å². The molecular weight excluding hydrogens is 100 g/mol. The summed E-state index contributed by atoms with van der Waals surface area (Å²) in [5, 5.41) is 8.28. The Hall–Kier alpha value is -0.810. The fourth-order valence-corrected chi connectivity index (χ4v) is 0.596. The van der Waals surface area contributed by atoms with E-state index in [0.29, 0.717) is 5.57 Å². The molecule has 2 radical (unpaired) electrons. The van der Waals surface area contributed by atoms with E-state index < -0.39 is 0 Å². The van der Waals surface area contributed by atoms with Crippen LogP contribution in [-0.2, 0) is 0 Å². The number of nitriles is 1. The minimum atomic E-state index is 0.646. The Labute approximate surface area is 49.0 Å². The zero-order valence-corrected chi connectivity index (χ0v) is 4.68. The molecule has 0 amide bonds. The average Bonchev–Trinajstić information content (AvgIpc) is 2.14. The zero-order valence-electron chi connectivity index (χ0n) is 4.68. The van der Waals surface area contributed by atoms with Gasteiger partial charge in [-0.3, -0.25) is 4.90 Å². The average molecular weight is 106 g/mol. The van der Waals surface area contributed by atoms with Gasteiger partial charge in [0.2, 0.25) is 0 Å². The molecule has 0 fully saturated rings. The van der Waals surface area contributed by atoms with Gasteiger partial charge >= 0.3 is 0 Å². The first-order valence-corrected chi connectivity index (χ1v) is 2.41. The number of rotatable bonds is 0. The lowest BCUT2D eigenvalue weighted by Crippen LogP contribution is -2.08. The predicted molar refractivity (Wildman–Crippen MR) is 29.6 cm³/mol. The molecule has 0 aliphatic carbocycles. The minimum Gasteiger partial charge on any atom is -0.288 e. The van der Waals surface area contributed by atoms with Gasteiger partial charge in [-0.1, -0.05) is 6.08 Å². The second-order valence-electron chi connectivity index (χ2n) is 1.72. The van der Waals surface area contributed by atoms with E-state index in [-0.39, 0.29) is 0 Å². The van der Waals surface area contributed by atoms with Crippen molar-refractivity contribution in [3.05, 3.63) is 18.2 Å². The van der Waals surface area contributed by atoms with Crippen LogP contribution in [0.3, 0.4) is 0 Å². The summed E-state index contributed by atoms with van der Waals surface area (Å²) in [5.74, 6) is 0. The second kappa shape index (κ2) is 1.97. The highest BCUT2D eigenvalue weighted by molar-refractivity contribution is 5.32. The summed E-state index contributed by atoms with van der Waals surface area (Å²) in [6, 6.07) is 2.00. The van der Waals surface area contributed by atoms with Gasteiger partial charge in [0.15, 0.2) is 0 Å². The van der Waals surface area contributed by atoms with E-state index in [0.717, 1.165) is 6.54 Å². The molecule has 40 valence electrons. The van der Waals surface area contributed by atoms with Gasteiger partial charge in [-0.05, 0) is 7.05 Å². The van der Waals surface area contributed by atoms with Gasteiger partial charge in [-0.25, -0.2) is 0 Å². The van der Waals surface area contributed by atoms with E-state index in [2.05, 4.69) is 6.54 Å². The first kappa shape index (κ1) is 5.33. The minimum absolute atomic E-state index is 0.646. The molecule has 0 spiro atoms. The van der Waals surface area contributed by atoms with E-state index in [9.17, 15) is 0 Å². The van der Waals surface area contributed by atoms with Crippen LogP contribution in [0, 0.1) is 17.9 Å². The third-order valence-corrected chi connectivity index (χ3v) is 1.00. The highest BCUT2D eigenvalue weighted by Crippen LogP contribution is 2.08. The van der Waals surface area contributed by atoms with Crippen molar-refractivity contribution in [2.24, 2.45) is 0 Å². The topological polar surface area (TPSA) is 27.0 Å². The van der Waals surface area contributed by atoms with Crippen LogP contribution in [-0.4, -0.2) is 18.5 Å². The molecule has 1 aliphatic rings. The number of likely N-dealkylation sites (N-methyl/N-ethyl adjacent to an activating group) is 1. The van der Waals surface area contributed by atoms with Gasteiger partial charge < -0.3 is 0 Å². The third kappa shape index (κ3) is 0.877. The molecule has 0 aromatic carbocycles. The zero-order chi connectivity index (χ0) is 5.98. The highest BCUT2D eigenvalue weighted by atomic mass is 15.1. The first-order chi connectivity index (χ1) is 3.83. The van der Waals surface area contributed by atoms with Crippen molar-refractivity contribution in [1.82, 2.24) is 4.90 Å². The van der Waals surface area contributed by atoms with E-state index in [1.54, 1.807) is 0 Å². The Morgan fingerprint density at radius 2 is 2.75 bits per heavy atom. The fraction of sp³-hybridized carbons (Fsp3) is 0.333. The molecule has 0 atom stereocenters. The lowest BCUT2D eigenvalue weighted by Gasteiger charge is -2.00. The van der Waals surface area contributed by atoms with Gasteiger partial charge in [0.25, 0.3) is 0 Å². The maximum atomic E-state index is 8.28. The van der Waals surface area contributed by atoms with Gasteiger partial charge in [-0.15, -0.1) is 0 Å². The van der Waals surface area contributed by atoms with E-state index in [4.69, 9.17) is 5.26 Å². The molecule has 0 saturated heterocycles. The smallest absolute Gasteiger partial charge is 0.107 e. The summed E-state index contributed by atoms with van der Waals surface area (Å²) in [5.41, 5.74) is 0.646. The second-order valence-corrected chi connectivity index (χ2v) is 1.72. The summed E-state index contributed by atoms with van der Waals surface area (Å²) in [6.07, 6.45) is 1.85. The van der Waals surface area contributed by atoms with Crippen molar-refractivity contribution < 1.29 is 0 Å². The van der Waals surface area contributed by atoms with Crippen LogP contribution in [0.25, 0.3) is 0 Å². The summed E-state index contributed by atoms with van der Waals surface area (Å²) in [6.45, 7) is 3.66. The Morgan fingerprint density at radius 3 is 3.00 bits per heavy atom. The van der Waals surface area contributed by atoms with E-state index in [1.165, 1.54) is 0 Å². The van der Waals surface area contributed by atoms with Crippen molar-refractivity contribution in [3.63, 3.8) is 0 Å². The largest absolute Gasteiger partial charge is 0.288 e. The molecule has 1 aliphatic heterocycles. The van der Waals surface area contributed by atoms with Crippen LogP contribution in [0.5, 0.6) is 0 Å². The summed E-state index contributed by atoms with van der Waals surface area (Å²) < 4.78 is 0. The summed E-state index contributed by atoms with van der Waals surface area (Å²) in [4.78, 5) is 1.85. The molecule has 2 heteroatoms. The fourth-order valence-electron chi connectivity index (χ4n) is 0.596. The van der Waals surface area contributed by atoms with Crippen molar-refractivity contribution >= 4 is 0 Å². The number of nitrogens with zero attached hydrogens (tertiary/aromatic N) is 2. The first-order valence-electron chi connectivity index (χ1n) is 2.41. The van der Waals surface area contributed by atoms with Crippen LogP contribution in [0.1, 0.15) is 0 Å². The molecule has 0 saturated carbocycles. The molecule has 0 bridgehead atoms. The van der Waals surface area contributed by atoms with E-state index >= 15 is 0 Å². The molecule has 8 heavy (non-hydrogen) atoms. The van der Waals surface area contributed by atoms with Crippen LogP contribution in [0.4, 0.5) is 0 Å². The van der Waals surface area contributed by atoms with E-state index in [1.807, 2.05) is 24.1 Å². The number of hydrogen-bond acceptors (Lipinski definition) is 2. The standard InChI is InChI=1S/C6H6N2/c1-8-3-2-6(4-7)5-8/h2H,3H2,1H3. The SMILES string of the molecule is CN1[C]C(C#N)=CC1.